The Morgan fingerprint density at radius 2 is 1.51 bits per heavy atom. The fourth-order valence-corrected chi connectivity index (χ4v) is 3.32. The number of nitrogens with two attached hydrogens (primary N) is 2. The molecule has 1 rings (SSSR count). The summed E-state index contributed by atoms with van der Waals surface area (Å²) in [5, 5.41) is 5.44. The van der Waals surface area contributed by atoms with Crippen LogP contribution in [0.4, 0.5) is 0 Å². The molecule has 0 saturated carbocycles. The van der Waals surface area contributed by atoms with Gasteiger partial charge in [0.25, 0.3) is 0 Å². The van der Waals surface area contributed by atoms with Crippen molar-refractivity contribution in [1.29, 1.82) is 0 Å². The number of hydrogen-bond donors (Lipinski definition) is 6. The van der Waals surface area contributed by atoms with Gasteiger partial charge in [-0.05, 0) is 30.0 Å². The van der Waals surface area contributed by atoms with Gasteiger partial charge in [-0.25, -0.2) is 0 Å². The monoisotopic (exact) mass is 602 g/mol. The zero-order valence-electron chi connectivity index (χ0n) is 26.0. The van der Waals surface area contributed by atoms with Crippen molar-refractivity contribution in [3.05, 3.63) is 43.0 Å². The summed E-state index contributed by atoms with van der Waals surface area (Å²) in [5.41, 5.74) is 10.3. The second-order valence-corrected chi connectivity index (χ2v) is 9.07. The van der Waals surface area contributed by atoms with Crippen molar-refractivity contribution in [2.75, 3.05) is 0 Å². The molecule has 8 N–H and O–H groups in total. The summed E-state index contributed by atoms with van der Waals surface area (Å²) in [7, 11) is -2.52. The second kappa shape index (κ2) is 31.5. The van der Waals surface area contributed by atoms with Gasteiger partial charge >= 0.3 is 8.60 Å². The first-order valence-electron chi connectivity index (χ1n) is 14.0. The SMILES string of the molecule is C=C.CC.CCC.CCCCCC(=O)NC(Cc1ccc(OP(O)O)cc1)C(=O)NC(C(N)=O)C(C)CC.NC=O. The molecule has 0 saturated heterocycles. The minimum absolute atomic E-state index is 0.148. The normalized spacial score (nSPS) is 11.5. The molecule has 0 aliphatic carbocycles. The van der Waals surface area contributed by atoms with Crippen LogP contribution in [0.1, 0.15) is 92.6 Å². The van der Waals surface area contributed by atoms with Crippen molar-refractivity contribution in [2.45, 2.75) is 105 Å². The Morgan fingerprint density at radius 1 is 1.02 bits per heavy atom. The van der Waals surface area contributed by atoms with Gasteiger partial charge in [0.15, 0.2) is 0 Å². The molecule has 0 heterocycles. The molecule has 41 heavy (non-hydrogen) atoms. The maximum absolute atomic E-state index is 12.9. The summed E-state index contributed by atoms with van der Waals surface area (Å²) >= 11 is 0. The van der Waals surface area contributed by atoms with Crippen molar-refractivity contribution in [2.24, 2.45) is 17.4 Å². The third-order valence-electron chi connectivity index (χ3n) is 5.03. The topological polar surface area (TPSA) is 194 Å². The van der Waals surface area contributed by atoms with Crippen molar-refractivity contribution in [3.8, 4) is 5.75 Å². The molecule has 3 atom stereocenters. The first-order valence-corrected chi connectivity index (χ1v) is 15.2. The van der Waals surface area contributed by atoms with Gasteiger partial charge in [0.05, 0.1) is 0 Å². The number of benzene rings is 1. The summed E-state index contributed by atoms with van der Waals surface area (Å²) in [4.78, 5) is 63.5. The van der Waals surface area contributed by atoms with E-state index in [0.29, 0.717) is 12.8 Å². The third kappa shape index (κ3) is 25.7. The third-order valence-corrected chi connectivity index (χ3v) is 5.40. The molecule has 0 fully saturated rings. The highest BCUT2D eigenvalue weighted by Gasteiger charge is 2.28. The summed E-state index contributed by atoms with van der Waals surface area (Å²) < 4.78 is 4.83. The lowest BCUT2D eigenvalue weighted by Crippen LogP contribution is -2.55. The smallest absolute Gasteiger partial charge is 0.391 e. The van der Waals surface area contributed by atoms with Crippen LogP contribution >= 0.6 is 8.60 Å². The fraction of sp³-hybridized carbons (Fsp3) is 0.586. The van der Waals surface area contributed by atoms with E-state index in [-0.39, 0.29) is 30.4 Å². The Hall–Kier alpha value is -3.01. The van der Waals surface area contributed by atoms with E-state index in [1.165, 1.54) is 6.42 Å². The number of hydrogen-bond acceptors (Lipinski definition) is 7. The van der Waals surface area contributed by atoms with Crippen molar-refractivity contribution < 1.29 is 33.5 Å². The highest BCUT2D eigenvalue weighted by molar-refractivity contribution is 7.39. The number of rotatable bonds is 14. The lowest BCUT2D eigenvalue weighted by atomic mass is 9.97. The minimum Gasteiger partial charge on any atom is -0.427 e. The molecule has 238 valence electrons. The predicted molar refractivity (Wildman–Crippen MR) is 168 cm³/mol. The van der Waals surface area contributed by atoms with E-state index < -0.39 is 32.5 Å². The van der Waals surface area contributed by atoms with Crippen LogP contribution in [-0.2, 0) is 25.6 Å². The molecule has 11 nitrogen and oxygen atoms in total. The molecular formula is C29H55N4O7P. The standard InChI is InChI=1S/C21H34N3O6P.C3H8.C2H6.C2H4.CH3NO/c1-4-6-7-8-18(25)23-17(21(27)24-19(20(22)26)14(3)5-2)13-15-9-11-16(12-10-15)30-31(28)29;1-3-2;2*1-2;2-1-3/h9-12,14,17,19,28-29H,4-8,13H2,1-3H3,(H2,22,26)(H,23,25)(H,24,27);3H2,1-2H3;1-2H3;1-2H2;1H,(H2,2,3). The van der Waals surface area contributed by atoms with Crippen molar-refractivity contribution in [1.82, 2.24) is 10.6 Å². The van der Waals surface area contributed by atoms with E-state index in [2.05, 4.69) is 43.4 Å². The molecule has 0 spiro atoms. The largest absolute Gasteiger partial charge is 0.427 e. The summed E-state index contributed by atoms with van der Waals surface area (Å²) in [6, 6.07) is 4.69. The lowest BCUT2D eigenvalue weighted by molar-refractivity contribution is -0.132. The van der Waals surface area contributed by atoms with Gasteiger partial charge in [-0.1, -0.05) is 86.3 Å². The number of amides is 4. The Balaban J connectivity index is -0.000000602. The fourth-order valence-electron chi connectivity index (χ4n) is 3.01. The van der Waals surface area contributed by atoms with Crippen LogP contribution < -0.4 is 26.6 Å². The molecular weight excluding hydrogens is 547 g/mol. The van der Waals surface area contributed by atoms with Crippen LogP contribution in [0.2, 0.25) is 0 Å². The number of nitrogens with one attached hydrogen (secondary N) is 2. The Morgan fingerprint density at radius 3 is 1.90 bits per heavy atom. The zero-order chi connectivity index (χ0) is 32.8. The van der Waals surface area contributed by atoms with Crippen LogP contribution in [-0.4, -0.2) is 46.0 Å². The molecule has 3 unspecified atom stereocenters. The first kappa shape index (κ1) is 45.0. The van der Waals surface area contributed by atoms with E-state index >= 15 is 0 Å². The molecule has 12 heteroatoms. The van der Waals surface area contributed by atoms with Gasteiger partial charge in [-0.15, -0.1) is 13.2 Å². The van der Waals surface area contributed by atoms with E-state index in [9.17, 15) is 14.4 Å². The van der Waals surface area contributed by atoms with Crippen molar-refractivity contribution >= 4 is 32.7 Å². The number of carbonyl (C=O) groups is 4. The molecule has 0 aliphatic rings. The molecule has 4 amide bonds. The van der Waals surface area contributed by atoms with Crippen molar-refractivity contribution in [3.63, 3.8) is 0 Å². The predicted octanol–water partition coefficient (Wildman–Crippen LogP) is 4.25. The lowest BCUT2D eigenvalue weighted by Gasteiger charge is -2.25. The number of unbranched alkanes of at least 4 members (excludes halogenated alkanes) is 2. The summed E-state index contributed by atoms with van der Waals surface area (Å²) in [6.07, 6.45) is 5.27. The molecule has 0 radical (unpaired) electrons. The van der Waals surface area contributed by atoms with E-state index in [4.69, 9.17) is 24.8 Å². The maximum atomic E-state index is 12.9. The maximum Gasteiger partial charge on any atom is 0.391 e. The van der Waals surface area contributed by atoms with E-state index in [0.717, 1.165) is 24.8 Å². The van der Waals surface area contributed by atoms with Gasteiger partial charge in [-0.3, -0.25) is 19.2 Å². The van der Waals surface area contributed by atoms with E-state index in [1.54, 1.807) is 24.3 Å². The zero-order valence-corrected chi connectivity index (χ0v) is 26.9. The van der Waals surface area contributed by atoms with Crippen LogP contribution in [0.25, 0.3) is 0 Å². The van der Waals surface area contributed by atoms with Gasteiger partial charge in [0.1, 0.15) is 17.8 Å². The quantitative estimate of drug-likeness (QED) is 0.0792. The van der Waals surface area contributed by atoms with Gasteiger partial charge in [-0.2, -0.15) is 0 Å². The molecule has 0 aromatic heterocycles. The van der Waals surface area contributed by atoms with Crippen LogP contribution in [0.5, 0.6) is 5.75 Å². The van der Waals surface area contributed by atoms with Gasteiger partial charge in [0, 0.05) is 12.8 Å². The van der Waals surface area contributed by atoms with Crippen LogP contribution in [0, 0.1) is 5.92 Å². The van der Waals surface area contributed by atoms with Gasteiger partial charge < -0.3 is 36.4 Å². The second-order valence-electron chi connectivity index (χ2n) is 8.39. The molecule has 1 aromatic rings. The number of primary amides is 2. The molecule has 0 aliphatic heterocycles. The molecule has 1 aromatic carbocycles. The highest BCUT2D eigenvalue weighted by Crippen LogP contribution is 2.28. The average Bonchev–Trinajstić information content (AvgIpc) is 2.94. The molecule has 0 bridgehead atoms. The highest BCUT2D eigenvalue weighted by atomic mass is 31.2. The summed E-state index contributed by atoms with van der Waals surface area (Å²) in [5.74, 6) is -1.22. The van der Waals surface area contributed by atoms with Crippen LogP contribution in [0.15, 0.2) is 37.4 Å². The van der Waals surface area contributed by atoms with Gasteiger partial charge in [0.2, 0.25) is 24.1 Å². The summed E-state index contributed by atoms with van der Waals surface area (Å²) in [6.45, 7) is 20.0. The Labute approximate surface area is 248 Å². The average molecular weight is 603 g/mol. The van der Waals surface area contributed by atoms with Crippen LogP contribution in [0.3, 0.4) is 0 Å². The van der Waals surface area contributed by atoms with E-state index in [1.807, 2.05) is 34.6 Å². The first-order chi connectivity index (χ1) is 19.5. The Bertz CT molecular complexity index is 796. The Kier molecular flexibility index (Phi) is 34.6. The number of carbonyl (C=O) groups excluding carboxylic acids is 4. The minimum atomic E-state index is -2.52.